The van der Waals surface area contributed by atoms with Crippen molar-refractivity contribution in [2.45, 2.75) is 0 Å². The molecule has 0 atom stereocenters. The van der Waals surface area contributed by atoms with E-state index in [1.54, 1.807) is 12.1 Å². The summed E-state index contributed by atoms with van der Waals surface area (Å²) in [5, 5.41) is 0. The maximum absolute atomic E-state index is 13.7. The molecule has 1 fully saturated rings. The first-order valence-corrected chi connectivity index (χ1v) is 7.40. The number of rotatable bonds is 2. The first-order chi connectivity index (χ1) is 11.5. The van der Waals surface area contributed by atoms with Gasteiger partial charge in [-0.2, -0.15) is 0 Å². The van der Waals surface area contributed by atoms with Crippen LogP contribution >= 0.6 is 0 Å². The Morgan fingerprint density at radius 2 is 1.58 bits per heavy atom. The number of hydrogen-bond donors (Lipinski definition) is 0. The molecule has 0 spiro atoms. The molecular weight excluding hydrogens is 324 g/mol. The smallest absolute Gasteiger partial charge is 0.257 e. The standard InChI is InChI=1S/C17H14F4N2O/c18-11-2-1-3-12(10-11)22-6-8-23(9-7-22)17(24)13-4-5-14(19)16(21)15(13)20/h1-5,10H,6-9H2. The molecule has 1 amide bonds. The number of carbonyl (C=O) groups is 1. The van der Waals surface area contributed by atoms with Gasteiger partial charge in [0.2, 0.25) is 0 Å². The van der Waals surface area contributed by atoms with E-state index in [4.69, 9.17) is 0 Å². The molecule has 0 N–H and O–H groups in total. The van der Waals surface area contributed by atoms with E-state index < -0.39 is 28.9 Å². The molecule has 0 unspecified atom stereocenters. The Hall–Kier alpha value is -2.57. The van der Waals surface area contributed by atoms with Crippen molar-refractivity contribution in [3.63, 3.8) is 0 Å². The van der Waals surface area contributed by atoms with Gasteiger partial charge in [-0.1, -0.05) is 6.07 Å². The fraction of sp³-hybridized carbons (Fsp3) is 0.235. The molecule has 1 aliphatic rings. The van der Waals surface area contributed by atoms with E-state index in [9.17, 15) is 22.4 Å². The van der Waals surface area contributed by atoms with Gasteiger partial charge >= 0.3 is 0 Å². The van der Waals surface area contributed by atoms with Crippen molar-refractivity contribution in [2.75, 3.05) is 31.1 Å². The van der Waals surface area contributed by atoms with Gasteiger partial charge in [0.25, 0.3) is 5.91 Å². The largest absolute Gasteiger partial charge is 0.368 e. The first-order valence-electron chi connectivity index (χ1n) is 7.40. The maximum atomic E-state index is 13.7. The van der Waals surface area contributed by atoms with Crippen molar-refractivity contribution in [1.82, 2.24) is 4.90 Å². The summed E-state index contributed by atoms with van der Waals surface area (Å²) in [6, 6.07) is 7.76. The number of benzene rings is 2. The highest BCUT2D eigenvalue weighted by Crippen LogP contribution is 2.20. The third-order valence-corrected chi connectivity index (χ3v) is 4.01. The Morgan fingerprint density at radius 3 is 2.25 bits per heavy atom. The molecule has 0 bridgehead atoms. The molecule has 2 aromatic carbocycles. The minimum atomic E-state index is -1.65. The topological polar surface area (TPSA) is 23.6 Å². The van der Waals surface area contributed by atoms with Gasteiger partial charge in [0.05, 0.1) is 5.56 Å². The lowest BCUT2D eigenvalue weighted by atomic mass is 10.1. The lowest BCUT2D eigenvalue weighted by Gasteiger charge is -2.36. The van der Waals surface area contributed by atoms with Gasteiger partial charge in [0, 0.05) is 31.9 Å². The number of piperazine rings is 1. The van der Waals surface area contributed by atoms with E-state index in [0.29, 0.717) is 18.8 Å². The van der Waals surface area contributed by atoms with Gasteiger partial charge < -0.3 is 9.80 Å². The van der Waals surface area contributed by atoms with Crippen molar-refractivity contribution >= 4 is 11.6 Å². The molecular formula is C17H14F4N2O. The normalized spacial score (nSPS) is 14.8. The van der Waals surface area contributed by atoms with Gasteiger partial charge in [-0.15, -0.1) is 0 Å². The van der Waals surface area contributed by atoms with E-state index in [2.05, 4.69) is 0 Å². The predicted molar refractivity (Wildman–Crippen MR) is 80.8 cm³/mol. The SMILES string of the molecule is O=C(c1ccc(F)c(F)c1F)N1CCN(c2cccc(F)c2)CC1. The van der Waals surface area contributed by atoms with Crippen LogP contribution in [0.15, 0.2) is 36.4 Å². The summed E-state index contributed by atoms with van der Waals surface area (Å²) >= 11 is 0. The second-order valence-electron chi connectivity index (χ2n) is 5.48. The fourth-order valence-corrected chi connectivity index (χ4v) is 2.70. The predicted octanol–water partition coefficient (Wildman–Crippen LogP) is 3.21. The van der Waals surface area contributed by atoms with E-state index >= 15 is 0 Å². The second-order valence-corrected chi connectivity index (χ2v) is 5.48. The van der Waals surface area contributed by atoms with Crippen LogP contribution in [0.2, 0.25) is 0 Å². The third kappa shape index (κ3) is 3.06. The number of anilines is 1. The molecule has 3 rings (SSSR count). The van der Waals surface area contributed by atoms with Crippen LogP contribution in [0.1, 0.15) is 10.4 Å². The molecule has 2 aromatic rings. The summed E-state index contributed by atoms with van der Waals surface area (Å²) in [7, 11) is 0. The monoisotopic (exact) mass is 338 g/mol. The summed E-state index contributed by atoms with van der Waals surface area (Å²) in [6.07, 6.45) is 0. The van der Waals surface area contributed by atoms with Crippen LogP contribution in [0.25, 0.3) is 0 Å². The number of carbonyl (C=O) groups excluding carboxylic acids is 1. The van der Waals surface area contributed by atoms with Crippen LogP contribution in [-0.2, 0) is 0 Å². The van der Waals surface area contributed by atoms with Crippen molar-refractivity contribution in [2.24, 2.45) is 0 Å². The highest BCUT2D eigenvalue weighted by atomic mass is 19.2. The zero-order valence-electron chi connectivity index (χ0n) is 12.6. The molecule has 24 heavy (non-hydrogen) atoms. The number of hydrogen-bond acceptors (Lipinski definition) is 2. The summed E-state index contributed by atoms with van der Waals surface area (Å²) in [6.45, 7) is 1.41. The van der Waals surface area contributed by atoms with E-state index in [1.165, 1.54) is 17.0 Å². The molecule has 1 aliphatic heterocycles. The van der Waals surface area contributed by atoms with Crippen molar-refractivity contribution in [3.8, 4) is 0 Å². The quantitative estimate of drug-likeness (QED) is 0.620. The van der Waals surface area contributed by atoms with Crippen LogP contribution in [0, 0.1) is 23.3 Å². The highest BCUT2D eigenvalue weighted by Gasteiger charge is 2.26. The van der Waals surface area contributed by atoms with Gasteiger partial charge in [0.15, 0.2) is 17.5 Å². The molecule has 0 aromatic heterocycles. The van der Waals surface area contributed by atoms with Gasteiger partial charge in [-0.05, 0) is 30.3 Å². The van der Waals surface area contributed by atoms with Crippen LogP contribution < -0.4 is 4.90 Å². The second kappa shape index (κ2) is 6.51. The maximum Gasteiger partial charge on any atom is 0.257 e. The Labute approximate surface area is 136 Å². The summed E-state index contributed by atoms with van der Waals surface area (Å²) in [5.41, 5.74) is 0.203. The average Bonchev–Trinajstić information content (AvgIpc) is 2.59. The highest BCUT2D eigenvalue weighted by molar-refractivity contribution is 5.94. The first kappa shape index (κ1) is 16.3. The van der Waals surface area contributed by atoms with Gasteiger partial charge in [0.1, 0.15) is 5.82 Å². The van der Waals surface area contributed by atoms with E-state index in [-0.39, 0.29) is 18.9 Å². The third-order valence-electron chi connectivity index (χ3n) is 4.01. The van der Waals surface area contributed by atoms with Crippen LogP contribution in [-0.4, -0.2) is 37.0 Å². The lowest BCUT2D eigenvalue weighted by molar-refractivity contribution is 0.0740. The van der Waals surface area contributed by atoms with Crippen LogP contribution in [0.5, 0.6) is 0 Å². The van der Waals surface area contributed by atoms with Gasteiger partial charge in [-0.3, -0.25) is 4.79 Å². The molecule has 1 saturated heterocycles. The minimum Gasteiger partial charge on any atom is -0.368 e. The molecule has 3 nitrogen and oxygen atoms in total. The average molecular weight is 338 g/mol. The Bertz CT molecular complexity index is 773. The van der Waals surface area contributed by atoms with E-state index in [1.807, 2.05) is 4.90 Å². The zero-order valence-corrected chi connectivity index (χ0v) is 12.6. The summed E-state index contributed by atoms with van der Waals surface area (Å²) < 4.78 is 53.2. The molecule has 7 heteroatoms. The molecule has 0 radical (unpaired) electrons. The molecule has 0 aliphatic carbocycles. The molecule has 0 saturated carbocycles. The molecule has 126 valence electrons. The number of amides is 1. The Balaban J connectivity index is 1.71. The summed E-state index contributed by atoms with van der Waals surface area (Å²) in [5.74, 6) is -5.51. The number of halogens is 4. The Kier molecular flexibility index (Phi) is 4.42. The lowest BCUT2D eigenvalue weighted by Crippen LogP contribution is -2.49. The van der Waals surface area contributed by atoms with Crippen LogP contribution in [0.4, 0.5) is 23.2 Å². The fourth-order valence-electron chi connectivity index (χ4n) is 2.70. The summed E-state index contributed by atoms with van der Waals surface area (Å²) in [4.78, 5) is 15.6. The van der Waals surface area contributed by atoms with Crippen LogP contribution in [0.3, 0.4) is 0 Å². The molecule has 1 heterocycles. The van der Waals surface area contributed by atoms with E-state index in [0.717, 1.165) is 12.1 Å². The van der Waals surface area contributed by atoms with Gasteiger partial charge in [-0.25, -0.2) is 17.6 Å². The number of nitrogens with zero attached hydrogens (tertiary/aromatic N) is 2. The zero-order chi connectivity index (χ0) is 17.3. The van der Waals surface area contributed by atoms with Crippen molar-refractivity contribution < 1.29 is 22.4 Å². The Morgan fingerprint density at radius 1 is 0.875 bits per heavy atom. The van der Waals surface area contributed by atoms with Crippen molar-refractivity contribution in [1.29, 1.82) is 0 Å². The van der Waals surface area contributed by atoms with Crippen molar-refractivity contribution in [3.05, 3.63) is 65.2 Å². The minimum absolute atomic E-state index is 0.272.